The summed E-state index contributed by atoms with van der Waals surface area (Å²) in [6, 6.07) is 3.77. The average Bonchev–Trinajstić information content (AvgIpc) is 2.37. The lowest BCUT2D eigenvalue weighted by molar-refractivity contribution is -0.136. The molecule has 1 N–H and O–H groups in total. The molecule has 4 nitrogen and oxygen atoms in total. The minimum atomic E-state index is -0.869. The van der Waals surface area contributed by atoms with Gasteiger partial charge in [0.1, 0.15) is 0 Å². The molecule has 0 aromatic carbocycles. The topological polar surface area (TPSA) is 59.3 Å². The minimum absolute atomic E-state index is 0.000928. The summed E-state index contributed by atoms with van der Waals surface area (Å²) in [5, 5.41) is 8.78. The van der Waals surface area contributed by atoms with Crippen LogP contribution in [0.5, 0.6) is 0 Å². The Kier molecular flexibility index (Phi) is 6.19. The molecule has 0 bridgehead atoms. The molecule has 0 atom stereocenters. The number of aryl methyl sites for hydroxylation is 1. The van der Waals surface area contributed by atoms with Crippen LogP contribution in [0.2, 0.25) is 0 Å². The van der Waals surface area contributed by atoms with Gasteiger partial charge in [0.25, 0.3) is 5.56 Å². The maximum Gasteiger partial charge on any atom is 0.303 e. The van der Waals surface area contributed by atoms with Crippen LogP contribution in [0, 0.1) is 0 Å². The molecule has 1 heterocycles. The van der Waals surface area contributed by atoms with Crippen LogP contribution in [0.4, 0.5) is 0 Å². The molecule has 0 radical (unpaired) electrons. The Bertz CT molecular complexity index is 538. The van der Waals surface area contributed by atoms with Gasteiger partial charge in [-0.3, -0.25) is 9.59 Å². The smallest absolute Gasteiger partial charge is 0.303 e. The lowest BCUT2D eigenvalue weighted by atomic mass is 9.90. The van der Waals surface area contributed by atoms with Crippen LogP contribution in [0.15, 0.2) is 16.9 Å². The average molecular weight is 293 g/mol. The van der Waals surface area contributed by atoms with Gasteiger partial charge in [0.2, 0.25) is 0 Å². The highest BCUT2D eigenvalue weighted by molar-refractivity contribution is 5.67. The SMILES string of the molecule is CCCCCn1c(C(C)(C)C)ccc(CCC(=O)O)c1=O. The summed E-state index contributed by atoms with van der Waals surface area (Å²) in [5.41, 5.74) is 1.49. The molecule has 1 aromatic heterocycles. The van der Waals surface area contributed by atoms with E-state index in [9.17, 15) is 9.59 Å². The Hall–Kier alpha value is -1.58. The van der Waals surface area contributed by atoms with Crippen LogP contribution in [0.3, 0.4) is 0 Å². The van der Waals surface area contributed by atoms with E-state index in [2.05, 4.69) is 27.7 Å². The summed E-state index contributed by atoms with van der Waals surface area (Å²) in [6.45, 7) is 9.12. The molecular formula is C17H27NO3. The van der Waals surface area contributed by atoms with E-state index < -0.39 is 5.97 Å². The van der Waals surface area contributed by atoms with E-state index in [1.165, 1.54) is 0 Å². The lowest BCUT2D eigenvalue weighted by Crippen LogP contribution is -2.32. The van der Waals surface area contributed by atoms with Crippen LogP contribution in [0.1, 0.15) is 64.6 Å². The number of nitrogens with zero attached hydrogens (tertiary/aromatic N) is 1. The molecule has 0 aliphatic carbocycles. The van der Waals surface area contributed by atoms with Crippen molar-refractivity contribution in [1.82, 2.24) is 4.57 Å². The van der Waals surface area contributed by atoms with E-state index in [4.69, 9.17) is 5.11 Å². The first-order chi connectivity index (χ1) is 9.77. The van der Waals surface area contributed by atoms with Crippen LogP contribution >= 0.6 is 0 Å². The van der Waals surface area contributed by atoms with Crippen molar-refractivity contribution >= 4 is 5.97 Å². The summed E-state index contributed by atoms with van der Waals surface area (Å²) < 4.78 is 1.84. The molecule has 0 amide bonds. The van der Waals surface area contributed by atoms with E-state index in [0.29, 0.717) is 18.5 Å². The summed E-state index contributed by atoms with van der Waals surface area (Å²) in [6.07, 6.45) is 3.47. The number of aromatic nitrogens is 1. The number of aliphatic carboxylic acids is 1. The Morgan fingerprint density at radius 2 is 1.90 bits per heavy atom. The Morgan fingerprint density at radius 3 is 2.43 bits per heavy atom. The van der Waals surface area contributed by atoms with Crippen molar-refractivity contribution in [1.29, 1.82) is 0 Å². The first kappa shape index (κ1) is 17.5. The number of pyridine rings is 1. The third kappa shape index (κ3) is 5.03. The minimum Gasteiger partial charge on any atom is -0.481 e. The first-order valence-electron chi connectivity index (χ1n) is 7.72. The fraction of sp³-hybridized carbons (Fsp3) is 0.647. The molecule has 0 unspecified atom stereocenters. The van der Waals surface area contributed by atoms with E-state index in [1.54, 1.807) is 6.07 Å². The second kappa shape index (κ2) is 7.43. The van der Waals surface area contributed by atoms with Crippen molar-refractivity contribution in [3.8, 4) is 0 Å². The van der Waals surface area contributed by atoms with Crippen LogP contribution < -0.4 is 5.56 Å². The molecule has 0 spiro atoms. The zero-order valence-electron chi connectivity index (χ0n) is 13.6. The Balaban J connectivity index is 3.14. The largest absolute Gasteiger partial charge is 0.481 e. The van der Waals surface area contributed by atoms with E-state index in [0.717, 1.165) is 25.0 Å². The number of hydrogen-bond acceptors (Lipinski definition) is 2. The third-order valence-electron chi connectivity index (χ3n) is 3.61. The van der Waals surface area contributed by atoms with Gasteiger partial charge in [-0.2, -0.15) is 0 Å². The molecule has 0 aliphatic rings. The number of hydrogen-bond donors (Lipinski definition) is 1. The third-order valence-corrected chi connectivity index (χ3v) is 3.61. The molecule has 0 saturated heterocycles. The Labute approximate surface area is 126 Å². The molecule has 0 saturated carbocycles. The number of carboxylic acid groups (broad SMARTS) is 1. The zero-order valence-corrected chi connectivity index (χ0v) is 13.6. The molecule has 4 heteroatoms. The summed E-state index contributed by atoms with van der Waals surface area (Å²) in [4.78, 5) is 23.3. The van der Waals surface area contributed by atoms with Crippen molar-refractivity contribution in [2.75, 3.05) is 0 Å². The normalized spacial score (nSPS) is 11.6. The van der Waals surface area contributed by atoms with Crippen LogP contribution in [0.25, 0.3) is 0 Å². The van der Waals surface area contributed by atoms with E-state index in [1.807, 2.05) is 10.6 Å². The number of rotatable bonds is 7. The maximum absolute atomic E-state index is 12.6. The predicted molar refractivity (Wildman–Crippen MR) is 84.9 cm³/mol. The fourth-order valence-corrected chi connectivity index (χ4v) is 2.45. The molecule has 0 aliphatic heterocycles. The number of unbranched alkanes of at least 4 members (excludes halogenated alkanes) is 2. The second-order valence-corrected chi connectivity index (χ2v) is 6.55. The van der Waals surface area contributed by atoms with Gasteiger partial charge in [-0.1, -0.05) is 46.6 Å². The van der Waals surface area contributed by atoms with Crippen molar-refractivity contribution < 1.29 is 9.90 Å². The molecule has 21 heavy (non-hydrogen) atoms. The fourth-order valence-electron chi connectivity index (χ4n) is 2.45. The standard InChI is InChI=1S/C17H27NO3/c1-5-6-7-12-18-14(17(2,3)4)10-8-13(16(18)21)9-11-15(19)20/h8,10H,5-7,9,11-12H2,1-4H3,(H,19,20). The van der Waals surface area contributed by atoms with Crippen LogP contribution in [-0.2, 0) is 23.2 Å². The highest BCUT2D eigenvalue weighted by Gasteiger charge is 2.20. The first-order valence-corrected chi connectivity index (χ1v) is 7.72. The van der Waals surface area contributed by atoms with Crippen LogP contribution in [-0.4, -0.2) is 15.6 Å². The van der Waals surface area contributed by atoms with E-state index >= 15 is 0 Å². The van der Waals surface area contributed by atoms with E-state index in [-0.39, 0.29) is 17.4 Å². The van der Waals surface area contributed by atoms with Crippen molar-refractivity contribution in [3.05, 3.63) is 33.7 Å². The van der Waals surface area contributed by atoms with Gasteiger partial charge in [0.15, 0.2) is 0 Å². The zero-order chi connectivity index (χ0) is 16.0. The van der Waals surface area contributed by atoms with Gasteiger partial charge in [-0.15, -0.1) is 0 Å². The monoisotopic (exact) mass is 293 g/mol. The quantitative estimate of drug-likeness (QED) is 0.784. The highest BCUT2D eigenvalue weighted by atomic mass is 16.4. The molecule has 1 aromatic rings. The molecule has 0 fully saturated rings. The Morgan fingerprint density at radius 1 is 1.24 bits per heavy atom. The molecule has 1 rings (SSSR count). The van der Waals surface area contributed by atoms with Crippen molar-refractivity contribution in [3.63, 3.8) is 0 Å². The highest BCUT2D eigenvalue weighted by Crippen LogP contribution is 2.22. The summed E-state index contributed by atoms with van der Waals surface area (Å²) in [5.74, 6) is -0.869. The van der Waals surface area contributed by atoms with Gasteiger partial charge >= 0.3 is 5.97 Å². The molecule has 118 valence electrons. The van der Waals surface area contributed by atoms with Gasteiger partial charge in [0, 0.05) is 29.6 Å². The second-order valence-electron chi connectivity index (χ2n) is 6.55. The van der Waals surface area contributed by atoms with Gasteiger partial charge in [0.05, 0.1) is 0 Å². The van der Waals surface area contributed by atoms with Crippen molar-refractivity contribution in [2.24, 2.45) is 0 Å². The predicted octanol–water partition coefficient (Wildman–Crippen LogP) is 3.35. The van der Waals surface area contributed by atoms with Gasteiger partial charge < -0.3 is 9.67 Å². The summed E-state index contributed by atoms with van der Waals surface area (Å²) >= 11 is 0. The van der Waals surface area contributed by atoms with Gasteiger partial charge in [-0.05, 0) is 18.9 Å². The lowest BCUT2D eigenvalue weighted by Gasteiger charge is -2.25. The molecular weight excluding hydrogens is 266 g/mol. The number of carbonyl (C=O) groups is 1. The van der Waals surface area contributed by atoms with Gasteiger partial charge in [-0.25, -0.2) is 0 Å². The van der Waals surface area contributed by atoms with Crippen molar-refractivity contribution in [2.45, 2.75) is 71.8 Å². The maximum atomic E-state index is 12.6. The summed E-state index contributed by atoms with van der Waals surface area (Å²) in [7, 11) is 0. The number of carboxylic acids is 1.